The van der Waals surface area contributed by atoms with Crippen LogP contribution in [0.4, 0.5) is 0 Å². The van der Waals surface area contributed by atoms with E-state index < -0.39 is 24.1 Å². The summed E-state index contributed by atoms with van der Waals surface area (Å²) in [5.74, 6) is -0.951. The van der Waals surface area contributed by atoms with Crippen molar-refractivity contribution in [2.75, 3.05) is 20.3 Å². The molecule has 0 rings (SSSR count). The third-order valence-corrected chi connectivity index (χ3v) is 2.92. The van der Waals surface area contributed by atoms with Gasteiger partial charge in [0.05, 0.1) is 6.61 Å². The maximum Gasteiger partial charge on any atom is 0.251 e. The van der Waals surface area contributed by atoms with Gasteiger partial charge in [-0.15, -0.1) is 12.4 Å². The number of carbonyl (C=O) groups excluding carboxylic acids is 2. The summed E-state index contributed by atoms with van der Waals surface area (Å²) in [5.41, 5.74) is 5.73. The van der Waals surface area contributed by atoms with Crippen molar-refractivity contribution < 1.29 is 19.4 Å². The van der Waals surface area contributed by atoms with Crippen molar-refractivity contribution >= 4 is 24.2 Å². The minimum atomic E-state index is -1.30. The highest BCUT2D eigenvalue weighted by molar-refractivity contribution is 5.89. The fourth-order valence-corrected chi connectivity index (χ4v) is 1.59. The molecule has 126 valence electrons. The lowest BCUT2D eigenvalue weighted by Gasteiger charge is -2.20. The van der Waals surface area contributed by atoms with E-state index >= 15 is 0 Å². The lowest BCUT2D eigenvalue weighted by Crippen LogP contribution is -2.52. The van der Waals surface area contributed by atoms with Gasteiger partial charge in [-0.25, -0.2) is 0 Å². The van der Waals surface area contributed by atoms with Gasteiger partial charge in [0, 0.05) is 19.7 Å². The van der Waals surface area contributed by atoms with E-state index in [1.807, 2.05) is 6.92 Å². The van der Waals surface area contributed by atoms with Crippen LogP contribution in [-0.4, -0.2) is 55.4 Å². The zero-order chi connectivity index (χ0) is 15.5. The topological polar surface area (TPSA) is 114 Å². The van der Waals surface area contributed by atoms with Crippen LogP contribution in [0.3, 0.4) is 0 Å². The zero-order valence-corrected chi connectivity index (χ0v) is 13.7. The molecule has 0 fully saturated rings. The molecule has 0 spiro atoms. The molecule has 8 heteroatoms. The number of rotatable bonds is 10. The summed E-state index contributed by atoms with van der Waals surface area (Å²) < 4.78 is 4.80. The van der Waals surface area contributed by atoms with Crippen LogP contribution >= 0.6 is 12.4 Å². The molecule has 0 aliphatic carbocycles. The van der Waals surface area contributed by atoms with Gasteiger partial charge in [-0.2, -0.15) is 0 Å². The molecule has 0 radical (unpaired) electrons. The van der Waals surface area contributed by atoms with E-state index in [0.29, 0.717) is 19.6 Å². The largest absolute Gasteiger partial charge is 0.383 e. The molecule has 2 amide bonds. The van der Waals surface area contributed by atoms with Crippen molar-refractivity contribution in [3.05, 3.63) is 0 Å². The van der Waals surface area contributed by atoms with Crippen LogP contribution in [0, 0.1) is 0 Å². The maximum absolute atomic E-state index is 11.7. The summed E-state index contributed by atoms with van der Waals surface area (Å²) in [6.07, 6.45) is 1.06. The summed E-state index contributed by atoms with van der Waals surface area (Å²) in [6.45, 7) is 4.32. The Morgan fingerprint density at radius 2 is 1.95 bits per heavy atom. The number of halogens is 1. The fraction of sp³-hybridized carbons (Fsp3) is 0.846. The molecule has 0 aromatic rings. The molecule has 0 saturated carbocycles. The molecule has 0 aliphatic heterocycles. The van der Waals surface area contributed by atoms with E-state index in [0.717, 1.165) is 12.8 Å². The number of nitrogens with one attached hydrogen (secondary N) is 2. The van der Waals surface area contributed by atoms with E-state index in [2.05, 4.69) is 10.6 Å². The number of hydrogen-bond donors (Lipinski definition) is 4. The summed E-state index contributed by atoms with van der Waals surface area (Å²) in [6, 6.07) is -1.34. The predicted molar refractivity (Wildman–Crippen MR) is 83.2 cm³/mol. The highest BCUT2D eigenvalue weighted by Crippen LogP contribution is 2.03. The van der Waals surface area contributed by atoms with Crippen molar-refractivity contribution in [2.45, 2.75) is 51.3 Å². The van der Waals surface area contributed by atoms with Crippen molar-refractivity contribution in [3.8, 4) is 0 Å². The third kappa shape index (κ3) is 9.62. The zero-order valence-electron chi connectivity index (χ0n) is 12.9. The molecule has 1 unspecified atom stereocenters. The van der Waals surface area contributed by atoms with Gasteiger partial charge >= 0.3 is 0 Å². The van der Waals surface area contributed by atoms with Gasteiger partial charge in [-0.3, -0.25) is 9.59 Å². The first-order valence-corrected chi connectivity index (χ1v) is 6.94. The Balaban J connectivity index is 0. The number of nitrogens with two attached hydrogens (primary N) is 1. The van der Waals surface area contributed by atoms with Crippen molar-refractivity contribution in [3.63, 3.8) is 0 Å². The van der Waals surface area contributed by atoms with Gasteiger partial charge in [0.1, 0.15) is 12.1 Å². The summed E-state index contributed by atoms with van der Waals surface area (Å²) in [7, 11) is 1.53. The number of aliphatic hydroxyl groups excluding tert-OH is 1. The average Bonchev–Trinajstić information content (AvgIpc) is 2.43. The van der Waals surface area contributed by atoms with E-state index in [9.17, 15) is 14.7 Å². The molecular formula is C13H28ClN3O4. The monoisotopic (exact) mass is 325 g/mol. The van der Waals surface area contributed by atoms with Gasteiger partial charge in [-0.1, -0.05) is 19.8 Å². The molecule has 0 saturated heterocycles. The maximum atomic E-state index is 11.7. The number of amides is 2. The van der Waals surface area contributed by atoms with Gasteiger partial charge in [0.2, 0.25) is 5.91 Å². The van der Waals surface area contributed by atoms with E-state index in [1.165, 1.54) is 7.11 Å². The van der Waals surface area contributed by atoms with Gasteiger partial charge < -0.3 is 26.2 Å². The molecule has 3 atom stereocenters. The smallest absolute Gasteiger partial charge is 0.251 e. The molecule has 0 aromatic carbocycles. The third-order valence-electron chi connectivity index (χ3n) is 2.92. The van der Waals surface area contributed by atoms with E-state index in [-0.39, 0.29) is 18.3 Å². The second-order valence-electron chi connectivity index (χ2n) is 4.77. The molecule has 0 heterocycles. The van der Waals surface area contributed by atoms with Gasteiger partial charge in [0.25, 0.3) is 5.91 Å². The number of aliphatic hydroxyl groups is 1. The Morgan fingerprint density at radius 3 is 2.48 bits per heavy atom. The second kappa shape index (κ2) is 12.8. The van der Waals surface area contributed by atoms with Crippen LogP contribution in [-0.2, 0) is 14.3 Å². The first-order valence-electron chi connectivity index (χ1n) is 6.94. The van der Waals surface area contributed by atoms with Crippen LogP contribution < -0.4 is 16.4 Å². The van der Waals surface area contributed by atoms with Crippen molar-refractivity contribution in [1.29, 1.82) is 0 Å². The first-order chi connectivity index (χ1) is 9.43. The number of methoxy groups -OCH3 is 1. The number of carbonyl (C=O) groups is 2. The number of ether oxygens (including phenoxy) is 1. The quantitative estimate of drug-likeness (QED) is 0.406. The Morgan fingerprint density at radius 1 is 1.33 bits per heavy atom. The van der Waals surface area contributed by atoms with Crippen LogP contribution in [0.15, 0.2) is 0 Å². The predicted octanol–water partition coefficient (Wildman–Crippen LogP) is -0.446. The summed E-state index contributed by atoms with van der Waals surface area (Å²) in [4.78, 5) is 23.4. The van der Waals surface area contributed by atoms with Crippen LogP contribution in [0.5, 0.6) is 0 Å². The van der Waals surface area contributed by atoms with Crippen molar-refractivity contribution in [2.24, 2.45) is 5.73 Å². The second-order valence-corrected chi connectivity index (χ2v) is 4.77. The molecule has 7 nitrogen and oxygen atoms in total. The standard InChI is InChI=1S/C13H27N3O4.ClH/c1-4-5-6-10(14)11(17)13(19)16-9(2)12(18)15-7-8-20-3;/h9-11,17H,4-8,14H2,1-3H3,(H,15,18)(H,16,19);1H/t9-,10+,11?;/m1./s1. The molecule has 0 aromatic heterocycles. The Hall–Kier alpha value is -0.890. The highest BCUT2D eigenvalue weighted by atomic mass is 35.5. The normalized spacial score (nSPS) is 14.5. The molecular weight excluding hydrogens is 298 g/mol. The number of hydrogen-bond acceptors (Lipinski definition) is 5. The molecule has 0 bridgehead atoms. The van der Waals surface area contributed by atoms with Gasteiger partial charge in [0.15, 0.2) is 0 Å². The minimum absolute atomic E-state index is 0. The summed E-state index contributed by atoms with van der Waals surface area (Å²) >= 11 is 0. The van der Waals surface area contributed by atoms with Gasteiger partial charge in [-0.05, 0) is 13.3 Å². The highest BCUT2D eigenvalue weighted by Gasteiger charge is 2.25. The fourth-order valence-electron chi connectivity index (χ4n) is 1.59. The SMILES string of the molecule is CCCC[C@H](N)C(O)C(=O)N[C@H](C)C(=O)NCCOC.Cl. The number of unbranched alkanes of at least 4 members (excludes halogenated alkanes) is 1. The van der Waals surface area contributed by atoms with E-state index in [4.69, 9.17) is 10.5 Å². The average molecular weight is 326 g/mol. The van der Waals surface area contributed by atoms with E-state index in [1.54, 1.807) is 6.92 Å². The molecule has 5 N–H and O–H groups in total. The Labute approximate surface area is 132 Å². The lowest BCUT2D eigenvalue weighted by atomic mass is 10.0. The minimum Gasteiger partial charge on any atom is -0.383 e. The van der Waals surface area contributed by atoms with Crippen LogP contribution in [0.2, 0.25) is 0 Å². The van der Waals surface area contributed by atoms with Crippen LogP contribution in [0.25, 0.3) is 0 Å². The Bertz CT molecular complexity index is 305. The molecule has 0 aliphatic rings. The first kappa shape index (κ1) is 22.4. The van der Waals surface area contributed by atoms with Crippen LogP contribution in [0.1, 0.15) is 33.1 Å². The Kier molecular flexibility index (Phi) is 13.7. The lowest BCUT2D eigenvalue weighted by molar-refractivity contribution is -0.134. The summed E-state index contributed by atoms with van der Waals surface area (Å²) in [5, 5.41) is 14.8. The molecule has 21 heavy (non-hydrogen) atoms. The van der Waals surface area contributed by atoms with Crippen molar-refractivity contribution in [1.82, 2.24) is 10.6 Å².